The summed E-state index contributed by atoms with van der Waals surface area (Å²) < 4.78 is 13.4. The van der Waals surface area contributed by atoms with Gasteiger partial charge in [-0.1, -0.05) is 22.0 Å². The summed E-state index contributed by atoms with van der Waals surface area (Å²) in [7, 11) is 0. The lowest BCUT2D eigenvalue weighted by Gasteiger charge is -2.14. The standard InChI is InChI=1S/C10H8BrFN2O2/c11-8-3-7(12)2-1-6(8)4-14-5-9(15)13-10(14)16/h1-3H,4-5H2,(H,13,15,16). The van der Waals surface area contributed by atoms with Crippen molar-refractivity contribution in [2.24, 2.45) is 0 Å². The molecule has 1 aromatic rings. The Hall–Kier alpha value is -1.43. The Bertz CT molecular complexity index is 464. The summed E-state index contributed by atoms with van der Waals surface area (Å²) in [6.07, 6.45) is 0. The molecule has 0 saturated carbocycles. The molecule has 1 aliphatic rings. The normalized spacial score (nSPS) is 15.5. The summed E-state index contributed by atoms with van der Waals surface area (Å²) >= 11 is 3.21. The van der Waals surface area contributed by atoms with Crippen molar-refractivity contribution in [1.82, 2.24) is 10.2 Å². The molecule has 16 heavy (non-hydrogen) atoms. The first-order valence-corrected chi connectivity index (χ1v) is 5.38. The van der Waals surface area contributed by atoms with Gasteiger partial charge in [0.1, 0.15) is 12.4 Å². The van der Waals surface area contributed by atoms with Crippen molar-refractivity contribution in [3.05, 3.63) is 34.1 Å². The van der Waals surface area contributed by atoms with E-state index in [9.17, 15) is 14.0 Å². The first kappa shape index (κ1) is 11.1. The number of benzene rings is 1. The van der Waals surface area contributed by atoms with Gasteiger partial charge in [0, 0.05) is 11.0 Å². The van der Waals surface area contributed by atoms with Crippen molar-refractivity contribution >= 4 is 27.9 Å². The van der Waals surface area contributed by atoms with Gasteiger partial charge in [0.2, 0.25) is 5.91 Å². The third-order valence-electron chi connectivity index (χ3n) is 2.24. The number of carbonyl (C=O) groups is 2. The van der Waals surface area contributed by atoms with Gasteiger partial charge in [0.25, 0.3) is 0 Å². The van der Waals surface area contributed by atoms with Gasteiger partial charge in [-0.25, -0.2) is 9.18 Å². The second-order valence-corrected chi connectivity index (χ2v) is 4.30. The van der Waals surface area contributed by atoms with Crippen LogP contribution < -0.4 is 5.32 Å². The lowest BCUT2D eigenvalue weighted by Crippen LogP contribution is -2.27. The molecule has 0 radical (unpaired) electrons. The zero-order chi connectivity index (χ0) is 11.7. The van der Waals surface area contributed by atoms with E-state index >= 15 is 0 Å². The van der Waals surface area contributed by atoms with Gasteiger partial charge < -0.3 is 4.90 Å². The molecule has 0 aromatic heterocycles. The molecular formula is C10H8BrFN2O2. The van der Waals surface area contributed by atoms with Crippen molar-refractivity contribution in [2.75, 3.05) is 6.54 Å². The fourth-order valence-corrected chi connectivity index (χ4v) is 1.94. The number of carbonyl (C=O) groups excluding carboxylic acids is 2. The lowest BCUT2D eigenvalue weighted by atomic mass is 10.2. The number of hydrogen-bond donors (Lipinski definition) is 1. The molecule has 1 heterocycles. The van der Waals surface area contributed by atoms with Crippen molar-refractivity contribution in [3.63, 3.8) is 0 Å². The van der Waals surface area contributed by atoms with Gasteiger partial charge in [0.05, 0.1) is 0 Å². The van der Waals surface area contributed by atoms with Crippen LogP contribution >= 0.6 is 15.9 Å². The highest BCUT2D eigenvalue weighted by atomic mass is 79.9. The summed E-state index contributed by atoms with van der Waals surface area (Å²) in [5.41, 5.74) is 0.756. The zero-order valence-electron chi connectivity index (χ0n) is 8.17. The Morgan fingerprint density at radius 1 is 1.44 bits per heavy atom. The Morgan fingerprint density at radius 2 is 2.19 bits per heavy atom. The van der Waals surface area contributed by atoms with E-state index in [-0.39, 0.29) is 24.8 Å². The molecule has 0 unspecified atom stereocenters. The lowest BCUT2D eigenvalue weighted by molar-refractivity contribution is -0.118. The van der Waals surface area contributed by atoms with Crippen LogP contribution in [0, 0.1) is 5.82 Å². The number of urea groups is 1. The third-order valence-corrected chi connectivity index (χ3v) is 2.98. The van der Waals surface area contributed by atoms with Crippen molar-refractivity contribution in [3.8, 4) is 0 Å². The van der Waals surface area contributed by atoms with E-state index in [4.69, 9.17) is 0 Å². The predicted molar refractivity (Wildman–Crippen MR) is 58.0 cm³/mol. The van der Waals surface area contributed by atoms with E-state index in [0.717, 1.165) is 5.56 Å². The minimum absolute atomic E-state index is 0.0443. The number of rotatable bonds is 2. The molecule has 0 aliphatic carbocycles. The summed E-state index contributed by atoms with van der Waals surface area (Å²) in [6.45, 7) is 0.321. The van der Waals surface area contributed by atoms with E-state index in [0.29, 0.717) is 4.47 Å². The molecule has 0 spiro atoms. The highest BCUT2D eigenvalue weighted by molar-refractivity contribution is 9.10. The molecule has 0 bridgehead atoms. The minimum atomic E-state index is -0.416. The van der Waals surface area contributed by atoms with Crippen LogP contribution in [-0.2, 0) is 11.3 Å². The summed E-state index contributed by atoms with van der Waals surface area (Å²) in [5.74, 6) is -0.666. The Kier molecular flexibility index (Phi) is 2.91. The molecule has 3 amide bonds. The molecular weight excluding hydrogens is 279 g/mol. The van der Waals surface area contributed by atoms with Crippen molar-refractivity contribution in [2.45, 2.75) is 6.54 Å². The zero-order valence-corrected chi connectivity index (χ0v) is 9.75. The molecule has 1 aliphatic heterocycles. The molecule has 6 heteroatoms. The largest absolute Gasteiger partial charge is 0.324 e. The molecule has 1 saturated heterocycles. The van der Waals surface area contributed by atoms with Crippen LogP contribution in [0.15, 0.2) is 22.7 Å². The van der Waals surface area contributed by atoms with Crippen LogP contribution in [0.5, 0.6) is 0 Å². The predicted octanol–water partition coefficient (Wildman–Crippen LogP) is 1.64. The van der Waals surface area contributed by atoms with Gasteiger partial charge in [-0.3, -0.25) is 10.1 Å². The fourth-order valence-electron chi connectivity index (χ4n) is 1.47. The van der Waals surface area contributed by atoms with Gasteiger partial charge in [-0.2, -0.15) is 0 Å². The van der Waals surface area contributed by atoms with E-state index in [1.165, 1.54) is 17.0 Å². The smallest absolute Gasteiger partial charge is 0.311 e. The van der Waals surface area contributed by atoms with E-state index in [1.54, 1.807) is 6.07 Å². The SMILES string of the molecule is O=C1CN(Cc2ccc(F)cc2Br)C(=O)N1. The molecule has 2 rings (SSSR count). The number of nitrogens with one attached hydrogen (secondary N) is 1. The highest BCUT2D eigenvalue weighted by Gasteiger charge is 2.26. The van der Waals surface area contributed by atoms with Crippen LogP contribution in [0.4, 0.5) is 9.18 Å². The maximum atomic E-state index is 12.8. The van der Waals surface area contributed by atoms with E-state index < -0.39 is 6.03 Å². The molecule has 4 nitrogen and oxygen atoms in total. The molecule has 1 aromatic carbocycles. The van der Waals surface area contributed by atoms with Crippen LogP contribution in [0.25, 0.3) is 0 Å². The number of halogens is 2. The highest BCUT2D eigenvalue weighted by Crippen LogP contribution is 2.20. The van der Waals surface area contributed by atoms with E-state index in [1.807, 2.05) is 0 Å². The third kappa shape index (κ3) is 2.21. The van der Waals surface area contributed by atoms with Crippen LogP contribution in [0.2, 0.25) is 0 Å². The topological polar surface area (TPSA) is 49.4 Å². The van der Waals surface area contributed by atoms with Gasteiger partial charge in [-0.05, 0) is 17.7 Å². The first-order valence-electron chi connectivity index (χ1n) is 4.59. The molecule has 1 N–H and O–H groups in total. The summed E-state index contributed by atoms with van der Waals surface area (Å²) in [5, 5.41) is 2.18. The second kappa shape index (κ2) is 4.21. The van der Waals surface area contributed by atoms with Gasteiger partial charge in [-0.15, -0.1) is 0 Å². The number of imide groups is 1. The Balaban J connectivity index is 2.15. The molecule has 1 fully saturated rings. The van der Waals surface area contributed by atoms with E-state index in [2.05, 4.69) is 21.2 Å². The van der Waals surface area contributed by atoms with Crippen molar-refractivity contribution in [1.29, 1.82) is 0 Å². The van der Waals surface area contributed by atoms with Crippen LogP contribution in [-0.4, -0.2) is 23.4 Å². The average Bonchev–Trinajstić information content (AvgIpc) is 2.50. The number of amides is 3. The monoisotopic (exact) mass is 286 g/mol. The Morgan fingerprint density at radius 3 is 2.75 bits per heavy atom. The van der Waals surface area contributed by atoms with Crippen LogP contribution in [0.1, 0.15) is 5.56 Å². The average molecular weight is 287 g/mol. The second-order valence-electron chi connectivity index (χ2n) is 3.45. The number of hydrogen-bond acceptors (Lipinski definition) is 2. The van der Waals surface area contributed by atoms with Crippen molar-refractivity contribution < 1.29 is 14.0 Å². The summed E-state index contributed by atoms with van der Waals surface area (Å²) in [6, 6.07) is 3.80. The first-order chi connectivity index (χ1) is 7.56. The minimum Gasteiger partial charge on any atom is -0.311 e. The van der Waals surface area contributed by atoms with Gasteiger partial charge in [0.15, 0.2) is 0 Å². The Labute approximate surface area is 99.6 Å². The van der Waals surface area contributed by atoms with Crippen LogP contribution in [0.3, 0.4) is 0 Å². The number of nitrogens with zero attached hydrogens (tertiary/aromatic N) is 1. The van der Waals surface area contributed by atoms with Gasteiger partial charge >= 0.3 is 6.03 Å². The molecule has 0 atom stereocenters. The molecule has 84 valence electrons. The maximum absolute atomic E-state index is 12.8. The quantitative estimate of drug-likeness (QED) is 0.841. The summed E-state index contributed by atoms with van der Waals surface area (Å²) in [4.78, 5) is 23.6. The fraction of sp³-hybridized carbons (Fsp3) is 0.200. The maximum Gasteiger partial charge on any atom is 0.324 e.